The second-order valence-corrected chi connectivity index (χ2v) is 5.39. The van der Waals surface area contributed by atoms with Crippen molar-refractivity contribution in [2.45, 2.75) is 38.0 Å². The van der Waals surface area contributed by atoms with Gasteiger partial charge < -0.3 is 4.98 Å². The second kappa shape index (κ2) is 4.65. The van der Waals surface area contributed by atoms with Crippen molar-refractivity contribution in [3.8, 4) is 0 Å². The molecule has 98 valence electrons. The summed E-state index contributed by atoms with van der Waals surface area (Å²) in [6.07, 6.45) is 4.49. The Morgan fingerprint density at radius 3 is 2.47 bits per heavy atom. The molecule has 19 heavy (non-hydrogen) atoms. The first-order valence-corrected chi connectivity index (χ1v) is 6.85. The van der Waals surface area contributed by atoms with Crippen LogP contribution in [0.1, 0.15) is 42.8 Å². The van der Waals surface area contributed by atoms with E-state index in [1.54, 1.807) is 6.07 Å². The minimum atomic E-state index is -0.105. The van der Waals surface area contributed by atoms with E-state index in [9.17, 15) is 4.79 Å². The third kappa shape index (κ3) is 2.09. The van der Waals surface area contributed by atoms with Crippen LogP contribution in [0.3, 0.4) is 0 Å². The smallest absolute Gasteiger partial charge is 0.251 e. The zero-order valence-corrected chi connectivity index (χ0v) is 11.1. The van der Waals surface area contributed by atoms with Crippen LogP contribution in [-0.2, 0) is 5.41 Å². The number of hydrogen-bond donors (Lipinski definition) is 1. The molecule has 1 saturated carbocycles. The van der Waals surface area contributed by atoms with Crippen LogP contribution in [0.2, 0.25) is 0 Å². The van der Waals surface area contributed by atoms with Crippen molar-refractivity contribution in [2.75, 3.05) is 0 Å². The van der Waals surface area contributed by atoms with Gasteiger partial charge in [-0.15, -0.1) is 0 Å². The molecular weight excluding hydrogens is 236 g/mol. The first-order chi connectivity index (χ1) is 9.21. The van der Waals surface area contributed by atoms with Crippen LogP contribution in [-0.4, -0.2) is 9.97 Å². The fourth-order valence-corrected chi connectivity index (χ4v) is 3.20. The second-order valence-electron chi connectivity index (χ2n) is 5.39. The van der Waals surface area contributed by atoms with Crippen molar-refractivity contribution in [3.63, 3.8) is 0 Å². The average molecular weight is 254 g/mol. The van der Waals surface area contributed by atoms with Gasteiger partial charge in [-0.25, -0.2) is 4.98 Å². The Morgan fingerprint density at radius 1 is 1.16 bits per heavy atom. The van der Waals surface area contributed by atoms with Gasteiger partial charge in [0.15, 0.2) is 0 Å². The third-order valence-electron chi connectivity index (χ3n) is 4.11. The molecule has 3 nitrogen and oxygen atoms in total. The zero-order chi connectivity index (χ0) is 13.3. The van der Waals surface area contributed by atoms with E-state index in [2.05, 4.69) is 34.2 Å². The summed E-state index contributed by atoms with van der Waals surface area (Å²) in [6, 6.07) is 12.0. The van der Waals surface area contributed by atoms with Crippen LogP contribution in [0.25, 0.3) is 0 Å². The zero-order valence-electron chi connectivity index (χ0n) is 11.1. The van der Waals surface area contributed by atoms with Crippen molar-refractivity contribution >= 4 is 0 Å². The standard InChI is InChI=1S/C16H18N2O/c1-12-11-14(19)18-15(17-12)16(9-5-6-10-16)13-7-3-2-4-8-13/h2-4,7-8,11H,5-6,9-10H2,1H3,(H,17,18,19). The highest BCUT2D eigenvalue weighted by Crippen LogP contribution is 2.44. The van der Waals surface area contributed by atoms with E-state index in [-0.39, 0.29) is 11.0 Å². The Kier molecular flexibility index (Phi) is 2.97. The summed E-state index contributed by atoms with van der Waals surface area (Å²) in [6.45, 7) is 1.88. The highest BCUT2D eigenvalue weighted by Gasteiger charge is 2.39. The normalized spacial score (nSPS) is 17.5. The molecule has 3 rings (SSSR count). The monoisotopic (exact) mass is 254 g/mol. The molecule has 2 aromatic rings. The minimum Gasteiger partial charge on any atom is -0.310 e. The molecule has 0 amide bonds. The van der Waals surface area contributed by atoms with Gasteiger partial charge in [0.1, 0.15) is 5.82 Å². The van der Waals surface area contributed by atoms with Crippen molar-refractivity contribution in [2.24, 2.45) is 0 Å². The minimum absolute atomic E-state index is 0.0512. The number of H-pyrrole nitrogens is 1. The molecule has 0 radical (unpaired) electrons. The van der Waals surface area contributed by atoms with Gasteiger partial charge >= 0.3 is 0 Å². The Hall–Kier alpha value is -1.90. The Labute approximate surface area is 112 Å². The highest BCUT2D eigenvalue weighted by molar-refractivity contribution is 5.34. The predicted molar refractivity (Wildman–Crippen MR) is 75.3 cm³/mol. The van der Waals surface area contributed by atoms with Gasteiger partial charge in [0.2, 0.25) is 0 Å². The summed E-state index contributed by atoms with van der Waals surface area (Å²) in [7, 11) is 0. The molecular formula is C16H18N2O. The van der Waals surface area contributed by atoms with Gasteiger partial charge in [-0.05, 0) is 25.3 Å². The van der Waals surface area contributed by atoms with Crippen LogP contribution in [0, 0.1) is 6.92 Å². The molecule has 3 heteroatoms. The van der Waals surface area contributed by atoms with Crippen molar-refractivity contribution in [1.29, 1.82) is 0 Å². The van der Waals surface area contributed by atoms with Crippen LogP contribution < -0.4 is 5.56 Å². The molecule has 1 heterocycles. The quantitative estimate of drug-likeness (QED) is 0.895. The number of nitrogens with zero attached hydrogens (tertiary/aromatic N) is 1. The Morgan fingerprint density at radius 2 is 1.84 bits per heavy atom. The van der Waals surface area contributed by atoms with Gasteiger partial charge in [-0.1, -0.05) is 43.2 Å². The van der Waals surface area contributed by atoms with Gasteiger partial charge in [0.05, 0.1) is 5.41 Å². The molecule has 1 aliphatic rings. The SMILES string of the molecule is Cc1cc(=O)[nH]c(C2(c3ccccc3)CCCC2)n1. The number of aromatic nitrogens is 2. The summed E-state index contributed by atoms with van der Waals surface area (Å²) in [5.41, 5.74) is 1.90. The third-order valence-corrected chi connectivity index (χ3v) is 4.11. The van der Waals surface area contributed by atoms with Crippen LogP contribution >= 0.6 is 0 Å². The molecule has 0 unspecified atom stereocenters. The van der Waals surface area contributed by atoms with E-state index < -0.39 is 0 Å². The van der Waals surface area contributed by atoms with E-state index in [1.807, 2.05) is 13.0 Å². The maximum Gasteiger partial charge on any atom is 0.251 e. The van der Waals surface area contributed by atoms with E-state index in [4.69, 9.17) is 0 Å². The fraction of sp³-hybridized carbons (Fsp3) is 0.375. The molecule has 0 saturated heterocycles. The van der Waals surface area contributed by atoms with E-state index >= 15 is 0 Å². The van der Waals surface area contributed by atoms with Gasteiger partial charge in [0.25, 0.3) is 5.56 Å². The first-order valence-electron chi connectivity index (χ1n) is 6.85. The lowest BCUT2D eigenvalue weighted by Crippen LogP contribution is -2.29. The summed E-state index contributed by atoms with van der Waals surface area (Å²) in [5.74, 6) is 0.834. The summed E-state index contributed by atoms with van der Waals surface area (Å²) >= 11 is 0. The lowest BCUT2D eigenvalue weighted by Gasteiger charge is -2.28. The number of rotatable bonds is 2. The lowest BCUT2D eigenvalue weighted by molar-refractivity contribution is 0.495. The average Bonchev–Trinajstić information content (AvgIpc) is 2.89. The summed E-state index contributed by atoms with van der Waals surface area (Å²) < 4.78 is 0. The predicted octanol–water partition coefficient (Wildman–Crippen LogP) is 2.94. The van der Waals surface area contributed by atoms with Gasteiger partial charge in [-0.2, -0.15) is 0 Å². The van der Waals surface area contributed by atoms with Crippen LogP contribution in [0.15, 0.2) is 41.2 Å². The van der Waals surface area contributed by atoms with Crippen LogP contribution in [0.4, 0.5) is 0 Å². The van der Waals surface area contributed by atoms with Gasteiger partial charge in [0, 0.05) is 11.8 Å². The van der Waals surface area contributed by atoms with E-state index in [0.29, 0.717) is 0 Å². The Bertz CT molecular complexity index is 625. The molecule has 0 bridgehead atoms. The molecule has 0 spiro atoms. The number of aromatic amines is 1. The summed E-state index contributed by atoms with van der Waals surface area (Å²) in [5, 5.41) is 0. The molecule has 1 aromatic carbocycles. The summed E-state index contributed by atoms with van der Waals surface area (Å²) in [4.78, 5) is 19.3. The maximum absolute atomic E-state index is 11.7. The fourth-order valence-electron chi connectivity index (χ4n) is 3.20. The van der Waals surface area contributed by atoms with Crippen molar-refractivity contribution in [3.05, 3.63) is 63.8 Å². The molecule has 1 N–H and O–H groups in total. The molecule has 0 atom stereocenters. The molecule has 0 aliphatic heterocycles. The highest BCUT2D eigenvalue weighted by atomic mass is 16.1. The van der Waals surface area contributed by atoms with E-state index in [0.717, 1.165) is 24.4 Å². The number of aryl methyl sites for hydroxylation is 1. The van der Waals surface area contributed by atoms with Crippen LogP contribution in [0.5, 0.6) is 0 Å². The van der Waals surface area contributed by atoms with E-state index in [1.165, 1.54) is 18.4 Å². The largest absolute Gasteiger partial charge is 0.310 e. The number of benzene rings is 1. The lowest BCUT2D eigenvalue weighted by atomic mass is 9.78. The van der Waals surface area contributed by atoms with Crippen molar-refractivity contribution < 1.29 is 0 Å². The number of hydrogen-bond acceptors (Lipinski definition) is 2. The number of nitrogens with one attached hydrogen (secondary N) is 1. The first kappa shape index (κ1) is 12.2. The molecule has 1 fully saturated rings. The molecule has 1 aromatic heterocycles. The molecule has 1 aliphatic carbocycles. The van der Waals surface area contributed by atoms with Gasteiger partial charge in [-0.3, -0.25) is 4.79 Å². The van der Waals surface area contributed by atoms with Crippen molar-refractivity contribution in [1.82, 2.24) is 9.97 Å². The topological polar surface area (TPSA) is 45.8 Å². The Balaban J connectivity index is 2.18. The maximum atomic E-state index is 11.7.